The van der Waals surface area contributed by atoms with Crippen molar-refractivity contribution in [1.82, 2.24) is 5.32 Å². The van der Waals surface area contributed by atoms with Crippen molar-refractivity contribution in [2.24, 2.45) is 0 Å². The van der Waals surface area contributed by atoms with Crippen LogP contribution in [0.4, 0.5) is 22.0 Å². The van der Waals surface area contributed by atoms with Gasteiger partial charge in [-0.25, -0.2) is 22.0 Å². The lowest BCUT2D eigenvalue weighted by atomic mass is 9.93. The highest BCUT2D eigenvalue weighted by molar-refractivity contribution is 4.98. The van der Waals surface area contributed by atoms with Gasteiger partial charge in [-0.1, -0.05) is 0 Å². The number of rotatable bonds is 1. The van der Waals surface area contributed by atoms with Crippen molar-refractivity contribution < 1.29 is 22.0 Å². The lowest BCUT2D eigenvalue weighted by molar-refractivity contribution is -0.197. The summed E-state index contributed by atoms with van der Waals surface area (Å²) in [4.78, 5) is 0. The first-order valence-corrected chi connectivity index (χ1v) is 3.96. The molecule has 0 bridgehead atoms. The molecule has 0 aromatic carbocycles. The quantitative estimate of drug-likeness (QED) is 0.642. The summed E-state index contributed by atoms with van der Waals surface area (Å²) in [7, 11) is 0. The van der Waals surface area contributed by atoms with Gasteiger partial charge >= 0.3 is 0 Å². The maximum atomic E-state index is 13.2. The van der Waals surface area contributed by atoms with Gasteiger partial charge < -0.3 is 5.32 Å². The van der Waals surface area contributed by atoms with Crippen LogP contribution in [0.3, 0.4) is 0 Å². The van der Waals surface area contributed by atoms with E-state index < -0.39 is 30.9 Å². The number of halogens is 5. The third-order valence-electron chi connectivity index (χ3n) is 2.24. The van der Waals surface area contributed by atoms with Crippen LogP contribution >= 0.6 is 0 Å². The first-order chi connectivity index (χ1) is 5.90. The molecule has 0 amide bonds. The fraction of sp³-hybridized carbons (Fsp3) is 1.00. The minimum atomic E-state index is -3.94. The Hall–Kier alpha value is -0.390. The molecule has 0 aromatic heterocycles. The summed E-state index contributed by atoms with van der Waals surface area (Å²) in [6.45, 7) is -0.276. The highest BCUT2D eigenvalue weighted by Crippen LogP contribution is 2.43. The second kappa shape index (κ2) is 3.40. The zero-order valence-corrected chi connectivity index (χ0v) is 6.80. The number of hydrogen-bond donors (Lipinski definition) is 1. The Morgan fingerprint density at radius 2 is 1.54 bits per heavy atom. The van der Waals surface area contributed by atoms with Crippen molar-refractivity contribution in [1.29, 1.82) is 0 Å². The van der Waals surface area contributed by atoms with E-state index in [9.17, 15) is 22.0 Å². The van der Waals surface area contributed by atoms with Crippen molar-refractivity contribution in [3.8, 4) is 0 Å². The summed E-state index contributed by atoms with van der Waals surface area (Å²) in [6, 6.07) is 0. The molecule has 1 rings (SSSR count). The van der Waals surface area contributed by atoms with Crippen molar-refractivity contribution in [3.63, 3.8) is 0 Å². The Balaban J connectivity index is 2.88. The number of nitrogens with one attached hydrogen (secondary N) is 1. The van der Waals surface area contributed by atoms with Crippen LogP contribution < -0.4 is 5.32 Å². The molecule has 1 atom stereocenters. The zero-order chi connectivity index (χ0) is 10.1. The highest BCUT2D eigenvalue weighted by Gasteiger charge is 2.60. The van der Waals surface area contributed by atoms with E-state index in [1.807, 2.05) is 0 Å². The molecular formula is C7H10F5N. The topological polar surface area (TPSA) is 12.0 Å². The van der Waals surface area contributed by atoms with E-state index in [-0.39, 0.29) is 13.1 Å². The molecule has 1 unspecified atom stereocenters. The average molecular weight is 203 g/mol. The molecule has 1 fully saturated rings. The molecule has 0 radical (unpaired) electrons. The predicted molar refractivity (Wildman–Crippen MR) is 36.9 cm³/mol. The Labute approximate surface area is 72.3 Å². The number of hydrogen-bond acceptors (Lipinski definition) is 1. The molecule has 1 N–H and O–H groups in total. The first kappa shape index (κ1) is 10.7. The molecule has 1 heterocycles. The van der Waals surface area contributed by atoms with Gasteiger partial charge in [-0.15, -0.1) is 0 Å². The fourth-order valence-corrected chi connectivity index (χ4v) is 1.30. The van der Waals surface area contributed by atoms with Crippen LogP contribution in [0.15, 0.2) is 0 Å². The number of alkyl halides is 5. The van der Waals surface area contributed by atoms with Crippen LogP contribution in [0.1, 0.15) is 12.8 Å². The molecule has 0 spiro atoms. The minimum Gasteiger partial charge on any atom is -0.316 e. The predicted octanol–water partition coefficient (Wildman–Crippen LogP) is 1.98. The summed E-state index contributed by atoms with van der Waals surface area (Å²) < 4.78 is 63.1. The Morgan fingerprint density at radius 1 is 1.00 bits per heavy atom. The molecule has 13 heavy (non-hydrogen) atoms. The molecule has 0 aliphatic carbocycles. The van der Waals surface area contributed by atoms with Gasteiger partial charge in [-0.05, 0) is 6.54 Å². The Bertz CT molecular complexity index is 184. The van der Waals surface area contributed by atoms with Crippen molar-refractivity contribution in [2.75, 3.05) is 13.1 Å². The highest BCUT2D eigenvalue weighted by atomic mass is 19.3. The third-order valence-corrected chi connectivity index (χ3v) is 2.24. The van der Waals surface area contributed by atoms with Gasteiger partial charge in [-0.2, -0.15) is 0 Å². The maximum Gasteiger partial charge on any atom is 0.288 e. The molecule has 1 aliphatic heterocycles. The van der Waals surface area contributed by atoms with Crippen molar-refractivity contribution >= 4 is 0 Å². The van der Waals surface area contributed by atoms with Crippen LogP contribution in [-0.2, 0) is 0 Å². The third kappa shape index (κ3) is 1.77. The van der Waals surface area contributed by atoms with E-state index in [1.54, 1.807) is 0 Å². The van der Waals surface area contributed by atoms with Crippen LogP contribution in [-0.4, -0.2) is 31.1 Å². The second-order valence-electron chi connectivity index (χ2n) is 3.12. The summed E-state index contributed by atoms with van der Waals surface area (Å²) in [6.07, 6.45) is -5.37. The van der Waals surface area contributed by atoms with Gasteiger partial charge in [-0.3, -0.25) is 0 Å². The van der Waals surface area contributed by atoms with Gasteiger partial charge in [0.25, 0.3) is 12.3 Å². The summed E-state index contributed by atoms with van der Waals surface area (Å²) in [5.74, 6) is -3.94. The summed E-state index contributed by atoms with van der Waals surface area (Å²) in [5.41, 5.74) is -3.67. The molecule has 0 aromatic rings. The zero-order valence-electron chi connectivity index (χ0n) is 6.80. The van der Waals surface area contributed by atoms with Crippen LogP contribution in [0, 0.1) is 0 Å². The van der Waals surface area contributed by atoms with Gasteiger partial charge in [0.05, 0.1) is 0 Å². The van der Waals surface area contributed by atoms with Crippen molar-refractivity contribution in [2.45, 2.75) is 30.9 Å². The lowest BCUT2D eigenvalue weighted by Crippen LogP contribution is -2.49. The van der Waals surface area contributed by atoms with E-state index in [1.165, 1.54) is 0 Å². The summed E-state index contributed by atoms with van der Waals surface area (Å²) in [5, 5.41) is 2.46. The van der Waals surface area contributed by atoms with Crippen LogP contribution in [0.5, 0.6) is 0 Å². The molecule has 1 nitrogen and oxygen atoms in total. The van der Waals surface area contributed by atoms with E-state index in [0.29, 0.717) is 0 Å². The first-order valence-electron chi connectivity index (χ1n) is 3.96. The monoisotopic (exact) mass is 203 g/mol. The van der Waals surface area contributed by atoms with Gasteiger partial charge in [0.1, 0.15) is 0 Å². The molecule has 0 saturated carbocycles. The molecule has 1 saturated heterocycles. The molecule has 1 aliphatic rings. The second-order valence-corrected chi connectivity index (χ2v) is 3.12. The van der Waals surface area contributed by atoms with Gasteiger partial charge in [0, 0.05) is 19.4 Å². The molecule has 6 heteroatoms. The van der Waals surface area contributed by atoms with Crippen LogP contribution in [0.2, 0.25) is 0 Å². The largest absolute Gasteiger partial charge is 0.316 e. The van der Waals surface area contributed by atoms with Crippen molar-refractivity contribution in [3.05, 3.63) is 0 Å². The SMILES string of the molecule is FC(F)C1(F)CCNCCC1(F)F. The standard InChI is InChI=1S/C7H10F5N/c8-5(9)6(10)1-3-13-4-2-7(6,11)12/h5,13H,1-4H2. The Morgan fingerprint density at radius 3 is 2.08 bits per heavy atom. The summed E-state index contributed by atoms with van der Waals surface area (Å²) >= 11 is 0. The van der Waals surface area contributed by atoms with E-state index in [0.717, 1.165) is 0 Å². The normalized spacial score (nSPS) is 34.6. The Kier molecular flexibility index (Phi) is 2.79. The molecule has 78 valence electrons. The lowest BCUT2D eigenvalue weighted by Gasteiger charge is -2.30. The van der Waals surface area contributed by atoms with Crippen LogP contribution in [0.25, 0.3) is 0 Å². The smallest absolute Gasteiger partial charge is 0.288 e. The van der Waals surface area contributed by atoms with E-state index in [4.69, 9.17) is 0 Å². The minimum absolute atomic E-state index is 0.134. The molecular weight excluding hydrogens is 193 g/mol. The van der Waals surface area contributed by atoms with E-state index in [2.05, 4.69) is 5.32 Å². The maximum absolute atomic E-state index is 13.2. The van der Waals surface area contributed by atoms with Gasteiger partial charge in [0.2, 0.25) is 5.67 Å². The average Bonchev–Trinajstić information content (AvgIpc) is 2.13. The van der Waals surface area contributed by atoms with E-state index >= 15 is 0 Å². The van der Waals surface area contributed by atoms with Gasteiger partial charge in [0.15, 0.2) is 0 Å². The fourth-order valence-electron chi connectivity index (χ4n) is 1.30.